The molecule has 1 fully saturated rings. The SMILES string of the molecule is COc1cccc(CN2CCC[C@@H]2c2nnc(-c3ccc(C)nc3)o2)c1. The predicted octanol–water partition coefficient (Wildman–Crippen LogP) is 3.79. The summed E-state index contributed by atoms with van der Waals surface area (Å²) in [6.07, 6.45) is 3.92. The summed E-state index contributed by atoms with van der Waals surface area (Å²) in [5, 5.41) is 8.54. The molecule has 3 heterocycles. The van der Waals surface area contributed by atoms with Crippen LogP contribution in [0.4, 0.5) is 0 Å². The summed E-state index contributed by atoms with van der Waals surface area (Å²) in [5.41, 5.74) is 3.04. The molecule has 4 rings (SSSR count). The van der Waals surface area contributed by atoms with Gasteiger partial charge in [-0.1, -0.05) is 12.1 Å². The lowest BCUT2D eigenvalue weighted by Gasteiger charge is -2.21. The first-order valence-corrected chi connectivity index (χ1v) is 8.86. The molecule has 0 saturated carbocycles. The van der Waals surface area contributed by atoms with Crippen LogP contribution in [-0.4, -0.2) is 33.7 Å². The lowest BCUT2D eigenvalue weighted by molar-refractivity contribution is 0.215. The quantitative estimate of drug-likeness (QED) is 0.698. The van der Waals surface area contributed by atoms with Crippen molar-refractivity contribution < 1.29 is 9.15 Å². The number of nitrogens with zero attached hydrogens (tertiary/aromatic N) is 4. The van der Waals surface area contributed by atoms with E-state index in [-0.39, 0.29) is 6.04 Å². The van der Waals surface area contributed by atoms with Crippen molar-refractivity contribution in [1.82, 2.24) is 20.1 Å². The molecule has 1 aliphatic heterocycles. The average Bonchev–Trinajstić information content (AvgIpc) is 3.32. The third kappa shape index (κ3) is 3.46. The van der Waals surface area contributed by atoms with Crippen LogP contribution < -0.4 is 4.74 Å². The van der Waals surface area contributed by atoms with E-state index in [0.717, 1.165) is 42.9 Å². The molecule has 0 spiro atoms. The highest BCUT2D eigenvalue weighted by atomic mass is 16.5. The Morgan fingerprint density at radius 3 is 2.96 bits per heavy atom. The predicted molar refractivity (Wildman–Crippen MR) is 97.6 cm³/mol. The minimum absolute atomic E-state index is 0.154. The van der Waals surface area contributed by atoms with Gasteiger partial charge in [0.15, 0.2) is 0 Å². The summed E-state index contributed by atoms with van der Waals surface area (Å²) in [6.45, 7) is 3.81. The van der Waals surface area contributed by atoms with E-state index >= 15 is 0 Å². The number of methoxy groups -OCH3 is 1. The third-order valence-corrected chi connectivity index (χ3v) is 4.77. The normalized spacial score (nSPS) is 17.5. The Labute approximate surface area is 152 Å². The standard InChI is InChI=1S/C20H22N4O2/c1-14-8-9-16(12-21-14)19-22-23-20(26-19)18-7-4-10-24(18)13-15-5-3-6-17(11-15)25-2/h3,5-6,8-9,11-12,18H,4,7,10,13H2,1-2H3/t18-/m1/s1. The Hall–Kier alpha value is -2.73. The molecule has 3 aromatic rings. The van der Waals surface area contributed by atoms with Gasteiger partial charge in [-0.25, -0.2) is 0 Å². The number of aromatic nitrogens is 3. The number of hydrogen-bond acceptors (Lipinski definition) is 6. The van der Waals surface area contributed by atoms with Crippen molar-refractivity contribution in [2.75, 3.05) is 13.7 Å². The summed E-state index contributed by atoms with van der Waals surface area (Å²) >= 11 is 0. The second kappa shape index (κ2) is 7.25. The fraction of sp³-hybridized carbons (Fsp3) is 0.350. The van der Waals surface area contributed by atoms with E-state index < -0.39 is 0 Å². The molecule has 1 saturated heterocycles. The summed E-state index contributed by atoms with van der Waals surface area (Å²) < 4.78 is 11.3. The summed E-state index contributed by atoms with van der Waals surface area (Å²) in [5.74, 6) is 2.09. The number of hydrogen-bond donors (Lipinski definition) is 0. The van der Waals surface area contributed by atoms with Crippen LogP contribution >= 0.6 is 0 Å². The molecule has 1 aliphatic rings. The van der Waals surface area contributed by atoms with E-state index in [1.165, 1.54) is 5.56 Å². The first-order valence-electron chi connectivity index (χ1n) is 8.86. The van der Waals surface area contributed by atoms with Crippen LogP contribution in [0.3, 0.4) is 0 Å². The van der Waals surface area contributed by atoms with E-state index in [9.17, 15) is 0 Å². The van der Waals surface area contributed by atoms with E-state index in [1.807, 2.05) is 31.2 Å². The summed E-state index contributed by atoms with van der Waals surface area (Å²) in [7, 11) is 1.69. The van der Waals surface area contributed by atoms with Gasteiger partial charge in [0.1, 0.15) is 5.75 Å². The van der Waals surface area contributed by atoms with Gasteiger partial charge in [0.05, 0.1) is 18.7 Å². The summed E-state index contributed by atoms with van der Waals surface area (Å²) in [6, 6.07) is 12.2. The molecule has 26 heavy (non-hydrogen) atoms. The Balaban J connectivity index is 1.52. The smallest absolute Gasteiger partial charge is 0.249 e. The number of rotatable bonds is 5. The summed E-state index contributed by atoms with van der Waals surface area (Å²) in [4.78, 5) is 6.69. The minimum atomic E-state index is 0.154. The number of likely N-dealkylation sites (tertiary alicyclic amines) is 1. The highest BCUT2D eigenvalue weighted by molar-refractivity contribution is 5.50. The van der Waals surface area contributed by atoms with Crippen LogP contribution in [0.1, 0.15) is 36.0 Å². The Bertz CT molecular complexity index is 876. The zero-order valence-corrected chi connectivity index (χ0v) is 15.1. The Morgan fingerprint density at radius 1 is 1.23 bits per heavy atom. The van der Waals surface area contributed by atoms with Crippen molar-refractivity contribution in [3.63, 3.8) is 0 Å². The maximum absolute atomic E-state index is 5.98. The zero-order valence-electron chi connectivity index (χ0n) is 15.1. The number of ether oxygens (including phenoxy) is 1. The van der Waals surface area contributed by atoms with Crippen LogP contribution in [0.2, 0.25) is 0 Å². The highest BCUT2D eigenvalue weighted by Crippen LogP contribution is 2.34. The van der Waals surface area contributed by atoms with E-state index in [2.05, 4.69) is 32.2 Å². The largest absolute Gasteiger partial charge is 0.497 e. The number of aryl methyl sites for hydroxylation is 1. The third-order valence-electron chi connectivity index (χ3n) is 4.77. The van der Waals surface area contributed by atoms with Gasteiger partial charge in [-0.15, -0.1) is 10.2 Å². The molecule has 0 bridgehead atoms. The molecular formula is C20H22N4O2. The first-order chi connectivity index (χ1) is 12.7. The molecular weight excluding hydrogens is 328 g/mol. The molecule has 2 aromatic heterocycles. The molecule has 0 aliphatic carbocycles. The van der Waals surface area contributed by atoms with Crippen LogP contribution in [0.25, 0.3) is 11.5 Å². The Kier molecular flexibility index (Phi) is 4.67. The van der Waals surface area contributed by atoms with E-state index in [1.54, 1.807) is 13.3 Å². The van der Waals surface area contributed by atoms with Crippen molar-refractivity contribution in [1.29, 1.82) is 0 Å². The van der Waals surface area contributed by atoms with Gasteiger partial charge in [0.25, 0.3) is 0 Å². The van der Waals surface area contributed by atoms with Gasteiger partial charge in [-0.3, -0.25) is 9.88 Å². The fourth-order valence-corrected chi connectivity index (χ4v) is 3.38. The molecule has 6 nitrogen and oxygen atoms in total. The highest BCUT2D eigenvalue weighted by Gasteiger charge is 2.30. The number of pyridine rings is 1. The molecule has 0 radical (unpaired) electrons. The van der Waals surface area contributed by atoms with Crippen molar-refractivity contribution in [2.45, 2.75) is 32.4 Å². The van der Waals surface area contributed by atoms with Gasteiger partial charge >= 0.3 is 0 Å². The van der Waals surface area contributed by atoms with Gasteiger partial charge in [-0.2, -0.15) is 0 Å². The lowest BCUT2D eigenvalue weighted by atomic mass is 10.1. The van der Waals surface area contributed by atoms with Crippen molar-refractivity contribution in [3.05, 3.63) is 59.7 Å². The van der Waals surface area contributed by atoms with Crippen molar-refractivity contribution in [2.24, 2.45) is 0 Å². The van der Waals surface area contributed by atoms with E-state index in [4.69, 9.17) is 9.15 Å². The van der Waals surface area contributed by atoms with Gasteiger partial charge < -0.3 is 9.15 Å². The second-order valence-electron chi connectivity index (χ2n) is 6.61. The van der Waals surface area contributed by atoms with Crippen molar-refractivity contribution >= 4 is 0 Å². The first kappa shape index (κ1) is 16.7. The maximum atomic E-state index is 5.98. The van der Waals surface area contributed by atoms with E-state index in [0.29, 0.717) is 11.8 Å². The Morgan fingerprint density at radius 2 is 2.15 bits per heavy atom. The minimum Gasteiger partial charge on any atom is -0.497 e. The molecule has 1 atom stereocenters. The molecule has 0 N–H and O–H groups in total. The monoisotopic (exact) mass is 350 g/mol. The van der Waals surface area contributed by atoms with Gasteiger partial charge in [-0.05, 0) is 56.1 Å². The maximum Gasteiger partial charge on any atom is 0.249 e. The van der Waals surface area contributed by atoms with Gasteiger partial charge in [0.2, 0.25) is 11.8 Å². The van der Waals surface area contributed by atoms with Crippen LogP contribution in [0.5, 0.6) is 5.75 Å². The van der Waals surface area contributed by atoms with Crippen molar-refractivity contribution in [3.8, 4) is 17.2 Å². The zero-order chi connectivity index (χ0) is 17.9. The molecule has 0 unspecified atom stereocenters. The van der Waals surface area contributed by atoms with Crippen LogP contribution in [0, 0.1) is 6.92 Å². The molecule has 134 valence electrons. The average molecular weight is 350 g/mol. The fourth-order valence-electron chi connectivity index (χ4n) is 3.38. The lowest BCUT2D eigenvalue weighted by Crippen LogP contribution is -2.23. The van der Waals surface area contributed by atoms with Crippen LogP contribution in [-0.2, 0) is 6.54 Å². The number of benzene rings is 1. The molecule has 6 heteroatoms. The second-order valence-corrected chi connectivity index (χ2v) is 6.61. The van der Waals surface area contributed by atoms with Gasteiger partial charge in [0, 0.05) is 18.4 Å². The van der Waals surface area contributed by atoms with Crippen LogP contribution in [0.15, 0.2) is 47.0 Å². The molecule has 0 amide bonds. The molecule has 1 aromatic carbocycles. The topological polar surface area (TPSA) is 64.3 Å².